The number of amides is 1. The average molecular weight is 543 g/mol. The number of sulfone groups is 1. The number of rotatable bonds is 8. The highest BCUT2D eigenvalue weighted by Crippen LogP contribution is 2.31. The first kappa shape index (κ1) is 27.4. The van der Waals surface area contributed by atoms with E-state index < -0.39 is 21.6 Å². The maximum atomic E-state index is 12.9. The number of benzene rings is 3. The fourth-order valence-electron chi connectivity index (χ4n) is 4.47. The van der Waals surface area contributed by atoms with Gasteiger partial charge >= 0.3 is 6.18 Å². The molecular weight excluding hydrogens is 513 g/mol. The summed E-state index contributed by atoms with van der Waals surface area (Å²) in [6.07, 6.45) is -3.92. The highest BCUT2D eigenvalue weighted by Gasteiger charge is 2.30. The Morgan fingerprint density at radius 1 is 0.921 bits per heavy atom. The van der Waals surface area contributed by atoms with Gasteiger partial charge in [0.2, 0.25) is 0 Å². The van der Waals surface area contributed by atoms with Crippen LogP contribution in [0.5, 0.6) is 0 Å². The molecule has 1 heterocycles. The van der Waals surface area contributed by atoms with Crippen LogP contribution >= 0.6 is 0 Å². The summed E-state index contributed by atoms with van der Waals surface area (Å²) in [5.41, 5.74) is 3.21. The second-order valence-corrected chi connectivity index (χ2v) is 11.8. The number of halogens is 3. The SMILES string of the molecule is CCS(=O)(=O)c1ccc(CNC(=O)c2ccc3c(c2)cc(Cc2ccc(C(F)(F)F)cc2)n3C(C)C)cc1. The van der Waals surface area contributed by atoms with Crippen LogP contribution in [-0.4, -0.2) is 24.6 Å². The van der Waals surface area contributed by atoms with E-state index in [4.69, 9.17) is 0 Å². The van der Waals surface area contributed by atoms with Gasteiger partial charge in [-0.3, -0.25) is 4.79 Å². The lowest BCUT2D eigenvalue weighted by atomic mass is 10.1. The molecule has 0 bridgehead atoms. The van der Waals surface area contributed by atoms with Gasteiger partial charge in [0.25, 0.3) is 5.91 Å². The smallest absolute Gasteiger partial charge is 0.348 e. The molecule has 0 atom stereocenters. The molecule has 0 aliphatic heterocycles. The van der Waals surface area contributed by atoms with Crippen LogP contribution in [0, 0.1) is 0 Å². The monoisotopic (exact) mass is 542 g/mol. The standard InChI is InChI=1S/C29H29F3N2O3S/c1-4-38(36,37)26-12-7-21(8-13-26)18-33-28(35)22-9-14-27-23(16-22)17-25(34(27)19(2)3)15-20-5-10-24(11-6-20)29(30,31)32/h5-14,16-17,19H,4,15,18H2,1-3H3,(H,33,35). The van der Waals surface area contributed by atoms with Gasteiger partial charge in [0.05, 0.1) is 16.2 Å². The molecule has 1 aromatic heterocycles. The number of nitrogens with zero attached hydrogens (tertiary/aromatic N) is 1. The van der Waals surface area contributed by atoms with E-state index in [-0.39, 0.29) is 29.1 Å². The van der Waals surface area contributed by atoms with Crippen LogP contribution in [0.4, 0.5) is 13.2 Å². The Hall–Kier alpha value is -3.59. The van der Waals surface area contributed by atoms with Crippen LogP contribution in [-0.2, 0) is 29.0 Å². The highest BCUT2D eigenvalue weighted by molar-refractivity contribution is 7.91. The topological polar surface area (TPSA) is 68.2 Å². The summed E-state index contributed by atoms with van der Waals surface area (Å²) >= 11 is 0. The molecule has 0 radical (unpaired) electrons. The zero-order valence-corrected chi connectivity index (χ0v) is 22.2. The summed E-state index contributed by atoms with van der Waals surface area (Å²) in [4.78, 5) is 13.1. The summed E-state index contributed by atoms with van der Waals surface area (Å²) in [6.45, 7) is 5.91. The fourth-order valence-corrected chi connectivity index (χ4v) is 5.35. The summed E-state index contributed by atoms with van der Waals surface area (Å²) in [7, 11) is -3.28. The molecule has 1 amide bonds. The van der Waals surface area contributed by atoms with Crippen molar-refractivity contribution in [2.24, 2.45) is 0 Å². The van der Waals surface area contributed by atoms with Crippen molar-refractivity contribution in [3.05, 3.63) is 101 Å². The molecule has 4 rings (SSSR count). The maximum absolute atomic E-state index is 12.9. The quantitative estimate of drug-likeness (QED) is 0.274. The number of carbonyl (C=O) groups is 1. The largest absolute Gasteiger partial charge is 0.416 e. The number of alkyl halides is 3. The third-order valence-corrected chi connectivity index (χ3v) is 8.23. The summed E-state index contributed by atoms with van der Waals surface area (Å²) in [5.74, 6) is -0.241. The Morgan fingerprint density at radius 2 is 1.55 bits per heavy atom. The molecule has 9 heteroatoms. The molecule has 3 aromatic carbocycles. The van der Waals surface area contributed by atoms with Gasteiger partial charge in [-0.15, -0.1) is 0 Å². The van der Waals surface area contributed by atoms with Crippen molar-refractivity contribution < 1.29 is 26.4 Å². The molecule has 0 spiro atoms. The molecule has 0 fully saturated rings. The van der Waals surface area contributed by atoms with Crippen molar-refractivity contribution in [3.63, 3.8) is 0 Å². The van der Waals surface area contributed by atoms with E-state index in [2.05, 4.69) is 9.88 Å². The molecule has 4 aromatic rings. The molecule has 5 nitrogen and oxygen atoms in total. The lowest BCUT2D eigenvalue weighted by molar-refractivity contribution is -0.137. The summed E-state index contributed by atoms with van der Waals surface area (Å²) < 4.78 is 64.9. The minimum absolute atomic E-state index is 0.0240. The molecule has 1 N–H and O–H groups in total. The first-order chi connectivity index (χ1) is 17.9. The normalized spacial score (nSPS) is 12.3. The van der Waals surface area contributed by atoms with Gasteiger partial charge in [-0.2, -0.15) is 13.2 Å². The number of aromatic nitrogens is 1. The second-order valence-electron chi connectivity index (χ2n) is 9.47. The van der Waals surface area contributed by atoms with Gasteiger partial charge in [-0.05, 0) is 73.5 Å². The molecule has 0 unspecified atom stereocenters. The van der Waals surface area contributed by atoms with Gasteiger partial charge in [-0.1, -0.05) is 31.2 Å². The number of hydrogen-bond acceptors (Lipinski definition) is 3. The van der Waals surface area contributed by atoms with E-state index >= 15 is 0 Å². The van der Waals surface area contributed by atoms with Crippen LogP contribution < -0.4 is 5.32 Å². The Labute approximate surface area is 220 Å². The number of fused-ring (bicyclic) bond motifs is 1. The van der Waals surface area contributed by atoms with E-state index in [1.165, 1.54) is 12.1 Å². The van der Waals surface area contributed by atoms with Gasteiger partial charge in [-0.25, -0.2) is 8.42 Å². The van der Waals surface area contributed by atoms with E-state index in [0.29, 0.717) is 12.0 Å². The molecular formula is C29H29F3N2O3S. The third-order valence-electron chi connectivity index (χ3n) is 6.48. The molecule has 0 aliphatic rings. The Kier molecular flexibility index (Phi) is 7.69. The van der Waals surface area contributed by atoms with Crippen molar-refractivity contribution in [1.82, 2.24) is 9.88 Å². The lowest BCUT2D eigenvalue weighted by Gasteiger charge is -2.15. The minimum Gasteiger partial charge on any atom is -0.348 e. The van der Waals surface area contributed by atoms with Gasteiger partial charge in [0, 0.05) is 41.2 Å². The van der Waals surface area contributed by atoms with Gasteiger partial charge < -0.3 is 9.88 Å². The fraction of sp³-hybridized carbons (Fsp3) is 0.276. The van der Waals surface area contributed by atoms with Crippen molar-refractivity contribution in [2.45, 2.75) is 50.9 Å². The van der Waals surface area contributed by atoms with Crippen molar-refractivity contribution in [3.8, 4) is 0 Å². The van der Waals surface area contributed by atoms with Crippen molar-refractivity contribution in [2.75, 3.05) is 5.75 Å². The van der Waals surface area contributed by atoms with Gasteiger partial charge in [0.15, 0.2) is 9.84 Å². The Bertz CT molecular complexity index is 1550. The predicted octanol–water partition coefficient (Wildman–Crippen LogP) is 6.56. The maximum Gasteiger partial charge on any atom is 0.416 e. The minimum atomic E-state index is -4.37. The predicted molar refractivity (Wildman–Crippen MR) is 142 cm³/mol. The van der Waals surface area contributed by atoms with E-state index in [1.807, 2.05) is 26.0 Å². The van der Waals surface area contributed by atoms with E-state index in [9.17, 15) is 26.4 Å². The first-order valence-corrected chi connectivity index (χ1v) is 13.9. The van der Waals surface area contributed by atoms with Crippen LogP contribution in [0.2, 0.25) is 0 Å². The van der Waals surface area contributed by atoms with E-state index in [0.717, 1.165) is 39.9 Å². The summed E-state index contributed by atoms with van der Waals surface area (Å²) in [6, 6.07) is 19.1. The number of carbonyl (C=O) groups excluding carboxylic acids is 1. The summed E-state index contributed by atoms with van der Waals surface area (Å²) in [5, 5.41) is 3.73. The number of nitrogens with one attached hydrogen (secondary N) is 1. The zero-order chi connectivity index (χ0) is 27.7. The second kappa shape index (κ2) is 10.6. The Morgan fingerprint density at radius 3 is 2.13 bits per heavy atom. The molecule has 38 heavy (non-hydrogen) atoms. The molecule has 0 saturated carbocycles. The highest BCUT2D eigenvalue weighted by atomic mass is 32.2. The number of hydrogen-bond donors (Lipinski definition) is 1. The van der Waals surface area contributed by atoms with Crippen LogP contribution in [0.1, 0.15) is 59.6 Å². The molecule has 0 aliphatic carbocycles. The van der Waals surface area contributed by atoms with Crippen LogP contribution in [0.15, 0.2) is 77.7 Å². The van der Waals surface area contributed by atoms with E-state index in [1.54, 1.807) is 43.3 Å². The zero-order valence-electron chi connectivity index (χ0n) is 21.3. The van der Waals surface area contributed by atoms with Gasteiger partial charge in [0.1, 0.15) is 0 Å². The average Bonchev–Trinajstić information content (AvgIpc) is 3.24. The lowest BCUT2D eigenvalue weighted by Crippen LogP contribution is -2.22. The van der Waals surface area contributed by atoms with Crippen LogP contribution in [0.3, 0.4) is 0 Å². The van der Waals surface area contributed by atoms with Crippen molar-refractivity contribution >= 4 is 26.6 Å². The molecule has 0 saturated heterocycles. The Balaban J connectivity index is 1.52. The molecule has 200 valence electrons. The van der Waals surface area contributed by atoms with Crippen LogP contribution in [0.25, 0.3) is 10.9 Å². The third kappa shape index (κ3) is 5.93. The van der Waals surface area contributed by atoms with Crippen molar-refractivity contribution in [1.29, 1.82) is 0 Å². The first-order valence-electron chi connectivity index (χ1n) is 12.3.